The fraction of sp³-hybridized carbons (Fsp3) is 0.800. The predicted octanol–water partition coefficient (Wildman–Crippen LogP) is 0.719. The fourth-order valence-electron chi connectivity index (χ4n) is 1.91. The van der Waals surface area contributed by atoms with Crippen LogP contribution >= 0.6 is 11.8 Å². The molecule has 15 heavy (non-hydrogen) atoms. The lowest BCUT2D eigenvalue weighted by molar-refractivity contribution is -0.140. The molecule has 2 aliphatic rings. The SMILES string of the molecule is O=C(O)[C@H]1C[C@H]1C(=O)NC1CCSCC1. The van der Waals surface area contributed by atoms with Crippen LogP contribution in [0.4, 0.5) is 0 Å². The molecule has 2 fully saturated rings. The average molecular weight is 229 g/mol. The zero-order chi connectivity index (χ0) is 10.8. The topological polar surface area (TPSA) is 66.4 Å². The summed E-state index contributed by atoms with van der Waals surface area (Å²) in [4.78, 5) is 22.2. The van der Waals surface area contributed by atoms with Crippen molar-refractivity contribution >= 4 is 23.6 Å². The lowest BCUT2D eigenvalue weighted by atomic mass is 10.1. The van der Waals surface area contributed by atoms with Gasteiger partial charge in [0.05, 0.1) is 11.8 Å². The van der Waals surface area contributed by atoms with Gasteiger partial charge in [0.2, 0.25) is 5.91 Å². The highest BCUT2D eigenvalue weighted by molar-refractivity contribution is 7.99. The molecule has 0 aromatic rings. The quantitative estimate of drug-likeness (QED) is 0.748. The van der Waals surface area contributed by atoms with Crippen LogP contribution in [-0.4, -0.2) is 34.5 Å². The van der Waals surface area contributed by atoms with Gasteiger partial charge in [-0.1, -0.05) is 0 Å². The van der Waals surface area contributed by atoms with E-state index in [0.29, 0.717) is 6.42 Å². The Hall–Kier alpha value is -0.710. The zero-order valence-corrected chi connectivity index (χ0v) is 9.26. The van der Waals surface area contributed by atoms with Crippen LogP contribution in [0.15, 0.2) is 0 Å². The van der Waals surface area contributed by atoms with Crippen molar-refractivity contribution in [3.63, 3.8) is 0 Å². The highest BCUT2D eigenvalue weighted by atomic mass is 32.2. The molecule has 4 nitrogen and oxygen atoms in total. The summed E-state index contributed by atoms with van der Waals surface area (Å²) in [5.41, 5.74) is 0. The Bertz CT molecular complexity index is 276. The second kappa shape index (κ2) is 4.43. The first kappa shape index (κ1) is 10.8. The van der Waals surface area contributed by atoms with E-state index in [4.69, 9.17) is 5.11 Å². The van der Waals surface area contributed by atoms with Gasteiger partial charge in [0, 0.05) is 6.04 Å². The van der Waals surface area contributed by atoms with Crippen molar-refractivity contribution in [3.8, 4) is 0 Å². The molecule has 0 unspecified atom stereocenters. The first-order valence-corrected chi connectivity index (χ1v) is 6.45. The second-order valence-corrected chi connectivity index (χ2v) is 5.41. The van der Waals surface area contributed by atoms with Gasteiger partial charge in [0.25, 0.3) is 0 Å². The lowest BCUT2D eigenvalue weighted by Gasteiger charge is -2.22. The van der Waals surface area contributed by atoms with Gasteiger partial charge in [0.15, 0.2) is 0 Å². The van der Waals surface area contributed by atoms with Gasteiger partial charge in [-0.05, 0) is 30.8 Å². The van der Waals surface area contributed by atoms with E-state index >= 15 is 0 Å². The van der Waals surface area contributed by atoms with Crippen LogP contribution in [0.1, 0.15) is 19.3 Å². The van der Waals surface area contributed by atoms with Crippen LogP contribution in [-0.2, 0) is 9.59 Å². The van der Waals surface area contributed by atoms with Crippen molar-refractivity contribution in [1.82, 2.24) is 5.32 Å². The molecule has 2 rings (SSSR count). The summed E-state index contributed by atoms with van der Waals surface area (Å²) in [6.07, 6.45) is 2.55. The first-order chi connectivity index (χ1) is 7.18. The predicted molar refractivity (Wildman–Crippen MR) is 57.7 cm³/mol. The van der Waals surface area contributed by atoms with Gasteiger partial charge >= 0.3 is 5.97 Å². The molecular formula is C10H15NO3S. The van der Waals surface area contributed by atoms with Gasteiger partial charge in [-0.3, -0.25) is 9.59 Å². The Morgan fingerprint density at radius 3 is 2.40 bits per heavy atom. The van der Waals surface area contributed by atoms with Crippen molar-refractivity contribution < 1.29 is 14.7 Å². The molecular weight excluding hydrogens is 214 g/mol. The summed E-state index contributed by atoms with van der Waals surface area (Å²) in [7, 11) is 0. The van der Waals surface area contributed by atoms with Crippen LogP contribution in [0, 0.1) is 11.8 Å². The maximum absolute atomic E-state index is 11.6. The molecule has 1 saturated carbocycles. The van der Waals surface area contributed by atoms with E-state index in [-0.39, 0.29) is 17.9 Å². The van der Waals surface area contributed by atoms with E-state index < -0.39 is 11.9 Å². The third kappa shape index (κ3) is 2.65. The van der Waals surface area contributed by atoms with E-state index in [2.05, 4.69) is 5.32 Å². The fourth-order valence-corrected chi connectivity index (χ4v) is 3.01. The minimum Gasteiger partial charge on any atom is -0.481 e. The van der Waals surface area contributed by atoms with Crippen molar-refractivity contribution in [3.05, 3.63) is 0 Å². The van der Waals surface area contributed by atoms with Gasteiger partial charge in [-0.15, -0.1) is 0 Å². The Balaban J connectivity index is 1.75. The number of hydrogen-bond donors (Lipinski definition) is 2. The number of thioether (sulfide) groups is 1. The number of carbonyl (C=O) groups excluding carboxylic acids is 1. The molecule has 2 N–H and O–H groups in total. The van der Waals surface area contributed by atoms with Crippen LogP contribution in [0.5, 0.6) is 0 Å². The highest BCUT2D eigenvalue weighted by Gasteiger charge is 2.48. The van der Waals surface area contributed by atoms with E-state index in [1.54, 1.807) is 0 Å². The Kier molecular flexibility index (Phi) is 3.19. The largest absolute Gasteiger partial charge is 0.481 e. The molecule has 1 heterocycles. The summed E-state index contributed by atoms with van der Waals surface area (Å²) in [5.74, 6) is 0.601. The Morgan fingerprint density at radius 1 is 1.20 bits per heavy atom. The number of aliphatic carboxylic acids is 1. The maximum Gasteiger partial charge on any atom is 0.307 e. The van der Waals surface area contributed by atoms with Gasteiger partial charge in [-0.25, -0.2) is 0 Å². The molecule has 0 aromatic heterocycles. The van der Waals surface area contributed by atoms with Crippen molar-refractivity contribution in [1.29, 1.82) is 0 Å². The molecule has 1 aliphatic carbocycles. The van der Waals surface area contributed by atoms with E-state index in [1.165, 1.54) is 0 Å². The standard InChI is InChI=1S/C10H15NO3S/c12-9(7-5-8(7)10(13)14)11-6-1-3-15-4-2-6/h6-8H,1-5H2,(H,11,12)(H,13,14)/t7-,8+/m1/s1. The molecule has 1 amide bonds. The van der Waals surface area contributed by atoms with Crippen molar-refractivity contribution in [2.75, 3.05) is 11.5 Å². The van der Waals surface area contributed by atoms with Gasteiger partial charge < -0.3 is 10.4 Å². The number of carboxylic acid groups (broad SMARTS) is 1. The van der Waals surface area contributed by atoms with E-state index in [1.807, 2.05) is 11.8 Å². The van der Waals surface area contributed by atoms with Crippen LogP contribution in [0.2, 0.25) is 0 Å². The third-order valence-electron chi connectivity index (χ3n) is 3.01. The molecule has 84 valence electrons. The number of carbonyl (C=O) groups is 2. The number of hydrogen-bond acceptors (Lipinski definition) is 3. The van der Waals surface area contributed by atoms with Crippen molar-refractivity contribution in [2.24, 2.45) is 11.8 Å². The summed E-state index contributed by atoms with van der Waals surface area (Å²) in [6.45, 7) is 0. The minimum atomic E-state index is -0.839. The Morgan fingerprint density at radius 2 is 1.87 bits per heavy atom. The van der Waals surface area contributed by atoms with Gasteiger partial charge in [-0.2, -0.15) is 11.8 Å². The summed E-state index contributed by atoms with van der Waals surface area (Å²) >= 11 is 1.91. The second-order valence-electron chi connectivity index (χ2n) is 4.18. The normalized spacial score (nSPS) is 30.9. The Labute approximate surface area is 92.8 Å². The minimum absolute atomic E-state index is 0.0562. The molecule has 0 spiro atoms. The molecule has 1 saturated heterocycles. The van der Waals surface area contributed by atoms with Crippen LogP contribution in [0.25, 0.3) is 0 Å². The van der Waals surface area contributed by atoms with Gasteiger partial charge in [0.1, 0.15) is 0 Å². The molecule has 1 aliphatic heterocycles. The molecule has 0 aromatic carbocycles. The van der Waals surface area contributed by atoms with E-state index in [0.717, 1.165) is 24.3 Å². The highest BCUT2D eigenvalue weighted by Crippen LogP contribution is 2.38. The number of amides is 1. The maximum atomic E-state index is 11.6. The third-order valence-corrected chi connectivity index (χ3v) is 4.06. The molecule has 0 bridgehead atoms. The monoisotopic (exact) mass is 229 g/mol. The zero-order valence-electron chi connectivity index (χ0n) is 8.44. The first-order valence-electron chi connectivity index (χ1n) is 5.29. The van der Waals surface area contributed by atoms with Crippen molar-refractivity contribution in [2.45, 2.75) is 25.3 Å². The summed E-state index contributed by atoms with van der Waals surface area (Å²) in [5, 5.41) is 11.6. The smallest absolute Gasteiger partial charge is 0.307 e. The molecule has 2 atom stereocenters. The summed E-state index contributed by atoms with van der Waals surface area (Å²) in [6, 6.07) is 0.272. The van der Waals surface area contributed by atoms with E-state index in [9.17, 15) is 9.59 Å². The average Bonchev–Trinajstić information content (AvgIpc) is 2.98. The number of rotatable bonds is 3. The number of nitrogens with one attached hydrogen (secondary N) is 1. The van der Waals surface area contributed by atoms with Crippen LogP contribution < -0.4 is 5.32 Å². The lowest BCUT2D eigenvalue weighted by Crippen LogP contribution is -2.38. The van der Waals surface area contributed by atoms with Crippen LogP contribution in [0.3, 0.4) is 0 Å². The molecule has 5 heteroatoms. The molecule has 0 radical (unpaired) electrons. The number of carboxylic acids is 1. The summed E-state index contributed by atoms with van der Waals surface area (Å²) < 4.78 is 0.